The average Bonchev–Trinajstić information content (AvgIpc) is 2.74. The molecule has 1 fully saturated rings. The molecule has 3 heteroatoms. The van der Waals surface area contributed by atoms with Crippen molar-refractivity contribution >= 4 is 5.69 Å². The molecule has 0 bridgehead atoms. The molecular weight excluding hydrogens is 162 g/mol. The number of rotatable bonds is 3. The fraction of sp³-hybridized carbons (Fsp3) is 0.600. The molecule has 1 aromatic heterocycles. The van der Waals surface area contributed by atoms with E-state index in [9.17, 15) is 0 Å². The first-order valence-electron chi connectivity index (χ1n) is 4.93. The minimum atomic E-state index is 0.680. The highest BCUT2D eigenvalue weighted by Crippen LogP contribution is 2.13. The fourth-order valence-corrected chi connectivity index (χ4v) is 1.90. The van der Waals surface area contributed by atoms with Gasteiger partial charge in [-0.15, -0.1) is 0 Å². The number of nitrogens with one attached hydrogen (secondary N) is 2. The van der Waals surface area contributed by atoms with Gasteiger partial charge in [-0.05, 0) is 25.5 Å². The molecule has 0 spiro atoms. The lowest BCUT2D eigenvalue weighted by Gasteiger charge is -2.21. The van der Waals surface area contributed by atoms with Crippen molar-refractivity contribution in [2.24, 2.45) is 0 Å². The summed E-state index contributed by atoms with van der Waals surface area (Å²) in [5.41, 5.74) is 1.27. The molecule has 3 nitrogen and oxygen atoms in total. The molecule has 0 aliphatic carbocycles. The van der Waals surface area contributed by atoms with Gasteiger partial charge < -0.3 is 15.2 Å². The molecule has 0 amide bonds. The van der Waals surface area contributed by atoms with Gasteiger partial charge in [-0.25, -0.2) is 0 Å². The van der Waals surface area contributed by atoms with Crippen LogP contribution in [0, 0.1) is 0 Å². The van der Waals surface area contributed by atoms with Crippen molar-refractivity contribution < 1.29 is 0 Å². The lowest BCUT2D eigenvalue weighted by atomic mass is 10.2. The third-order valence-electron chi connectivity index (χ3n) is 2.68. The van der Waals surface area contributed by atoms with Crippen molar-refractivity contribution in [3.8, 4) is 0 Å². The lowest BCUT2D eigenvalue weighted by molar-refractivity contribution is 0.600. The smallest absolute Gasteiger partial charge is 0.0541 e. The van der Waals surface area contributed by atoms with E-state index in [1.54, 1.807) is 0 Å². The van der Waals surface area contributed by atoms with Crippen LogP contribution in [0.5, 0.6) is 0 Å². The van der Waals surface area contributed by atoms with Crippen LogP contribution in [0.2, 0.25) is 0 Å². The van der Waals surface area contributed by atoms with Crippen molar-refractivity contribution in [3.05, 3.63) is 18.5 Å². The monoisotopic (exact) mass is 179 g/mol. The van der Waals surface area contributed by atoms with Gasteiger partial charge in [0.1, 0.15) is 0 Å². The summed E-state index contributed by atoms with van der Waals surface area (Å²) in [5.74, 6) is 0. The van der Waals surface area contributed by atoms with Crippen molar-refractivity contribution in [2.45, 2.75) is 18.9 Å². The van der Waals surface area contributed by atoms with E-state index in [0.29, 0.717) is 6.04 Å². The Bertz CT molecular complexity index is 237. The van der Waals surface area contributed by atoms with Gasteiger partial charge in [0.2, 0.25) is 0 Å². The van der Waals surface area contributed by atoms with Crippen molar-refractivity contribution in [2.75, 3.05) is 25.0 Å². The second kappa shape index (κ2) is 3.83. The average molecular weight is 179 g/mol. The molecule has 1 aliphatic heterocycles. The summed E-state index contributed by atoms with van der Waals surface area (Å²) in [4.78, 5) is 5.36. The standard InChI is InChI=1S/C10H17N3/c1-13(10-4-6-11-7-10)8-9-3-2-5-12-9/h4,6-7,9,11-12H,2-3,5,8H2,1H3. The molecule has 1 atom stereocenters. The zero-order chi connectivity index (χ0) is 9.10. The Morgan fingerprint density at radius 3 is 3.15 bits per heavy atom. The SMILES string of the molecule is CN(CC1CCCN1)c1cc[nH]c1. The van der Waals surface area contributed by atoms with Gasteiger partial charge in [-0.2, -0.15) is 0 Å². The molecule has 2 heterocycles. The number of hydrogen-bond donors (Lipinski definition) is 2. The number of aromatic nitrogens is 1. The zero-order valence-corrected chi connectivity index (χ0v) is 8.09. The Morgan fingerprint density at radius 2 is 2.54 bits per heavy atom. The summed E-state index contributed by atoms with van der Waals surface area (Å²) in [6, 6.07) is 2.79. The van der Waals surface area contributed by atoms with Gasteiger partial charge in [-0.1, -0.05) is 0 Å². The zero-order valence-electron chi connectivity index (χ0n) is 8.09. The summed E-state index contributed by atoms with van der Waals surface area (Å²) in [6.07, 6.45) is 6.64. The molecule has 1 saturated heterocycles. The maximum Gasteiger partial charge on any atom is 0.0541 e. The molecule has 2 N–H and O–H groups in total. The second-order valence-electron chi connectivity index (χ2n) is 3.74. The van der Waals surface area contributed by atoms with Gasteiger partial charge >= 0.3 is 0 Å². The predicted octanol–water partition coefficient (Wildman–Crippen LogP) is 1.20. The van der Waals surface area contributed by atoms with Crippen LogP contribution in [0.3, 0.4) is 0 Å². The van der Waals surface area contributed by atoms with E-state index < -0.39 is 0 Å². The Kier molecular flexibility index (Phi) is 2.54. The third-order valence-corrected chi connectivity index (χ3v) is 2.68. The molecule has 1 aromatic rings. The molecule has 1 unspecified atom stereocenters. The quantitative estimate of drug-likeness (QED) is 0.730. The minimum absolute atomic E-state index is 0.680. The topological polar surface area (TPSA) is 31.1 Å². The van der Waals surface area contributed by atoms with E-state index in [-0.39, 0.29) is 0 Å². The van der Waals surface area contributed by atoms with Crippen LogP contribution in [-0.4, -0.2) is 31.2 Å². The lowest BCUT2D eigenvalue weighted by Crippen LogP contribution is -2.35. The minimum Gasteiger partial charge on any atom is -0.372 e. The van der Waals surface area contributed by atoms with Crippen molar-refractivity contribution in [1.29, 1.82) is 0 Å². The van der Waals surface area contributed by atoms with Crippen LogP contribution in [0.15, 0.2) is 18.5 Å². The Hall–Kier alpha value is -0.960. The van der Waals surface area contributed by atoms with Gasteiger partial charge in [0, 0.05) is 32.0 Å². The molecule has 1 aliphatic rings. The Morgan fingerprint density at radius 1 is 1.62 bits per heavy atom. The summed E-state index contributed by atoms with van der Waals surface area (Å²) in [7, 11) is 2.14. The van der Waals surface area contributed by atoms with Crippen molar-refractivity contribution in [3.63, 3.8) is 0 Å². The number of likely N-dealkylation sites (N-methyl/N-ethyl adjacent to an activating group) is 1. The third kappa shape index (κ3) is 2.04. The summed E-state index contributed by atoms with van der Waals surface area (Å²) in [5, 5.41) is 3.50. The van der Waals surface area contributed by atoms with E-state index in [0.717, 1.165) is 6.54 Å². The van der Waals surface area contributed by atoms with E-state index >= 15 is 0 Å². The molecule has 72 valence electrons. The molecule has 0 saturated carbocycles. The highest BCUT2D eigenvalue weighted by Gasteiger charge is 2.15. The molecule has 2 rings (SSSR count). The summed E-state index contributed by atoms with van der Waals surface area (Å²) >= 11 is 0. The first-order valence-corrected chi connectivity index (χ1v) is 4.93. The number of aromatic amines is 1. The Labute approximate surface area is 79.1 Å². The van der Waals surface area contributed by atoms with Crippen LogP contribution >= 0.6 is 0 Å². The largest absolute Gasteiger partial charge is 0.372 e. The van der Waals surface area contributed by atoms with E-state index in [2.05, 4.69) is 28.3 Å². The first-order chi connectivity index (χ1) is 6.36. The van der Waals surface area contributed by atoms with Crippen LogP contribution in [0.25, 0.3) is 0 Å². The molecule has 13 heavy (non-hydrogen) atoms. The second-order valence-corrected chi connectivity index (χ2v) is 3.74. The maximum atomic E-state index is 3.50. The van der Waals surface area contributed by atoms with Crippen LogP contribution in [0.1, 0.15) is 12.8 Å². The number of nitrogens with zero attached hydrogens (tertiary/aromatic N) is 1. The predicted molar refractivity (Wildman–Crippen MR) is 55.1 cm³/mol. The Balaban J connectivity index is 1.87. The van der Waals surface area contributed by atoms with E-state index in [1.807, 2.05) is 12.4 Å². The number of hydrogen-bond acceptors (Lipinski definition) is 2. The van der Waals surface area contributed by atoms with Crippen LogP contribution in [0.4, 0.5) is 5.69 Å². The maximum absolute atomic E-state index is 3.50. The van der Waals surface area contributed by atoms with Gasteiger partial charge in [0.15, 0.2) is 0 Å². The molecule has 0 radical (unpaired) electrons. The number of H-pyrrole nitrogens is 1. The highest BCUT2D eigenvalue weighted by molar-refractivity contribution is 5.43. The van der Waals surface area contributed by atoms with Gasteiger partial charge in [0.25, 0.3) is 0 Å². The van der Waals surface area contributed by atoms with Crippen LogP contribution in [-0.2, 0) is 0 Å². The molecule has 0 aromatic carbocycles. The summed E-state index contributed by atoms with van der Waals surface area (Å²) < 4.78 is 0. The first kappa shape index (κ1) is 8.63. The number of anilines is 1. The van der Waals surface area contributed by atoms with E-state index in [1.165, 1.54) is 25.1 Å². The van der Waals surface area contributed by atoms with Gasteiger partial charge in [0.05, 0.1) is 5.69 Å². The normalized spacial score (nSPS) is 22.1. The van der Waals surface area contributed by atoms with E-state index in [4.69, 9.17) is 0 Å². The summed E-state index contributed by atoms with van der Waals surface area (Å²) in [6.45, 7) is 2.30. The van der Waals surface area contributed by atoms with Crippen LogP contribution < -0.4 is 10.2 Å². The van der Waals surface area contributed by atoms with Gasteiger partial charge in [-0.3, -0.25) is 0 Å². The highest BCUT2D eigenvalue weighted by atomic mass is 15.1. The van der Waals surface area contributed by atoms with Crippen molar-refractivity contribution in [1.82, 2.24) is 10.3 Å². The molecular formula is C10H17N3. The fourth-order valence-electron chi connectivity index (χ4n) is 1.90.